The lowest BCUT2D eigenvalue weighted by Gasteiger charge is -2.19. The average molecular weight is 477 g/mol. The Morgan fingerprint density at radius 1 is 1.03 bits per heavy atom. The topological polar surface area (TPSA) is 73.5 Å². The summed E-state index contributed by atoms with van der Waals surface area (Å²) in [4.78, 5) is 13.2. The molecule has 0 radical (unpaired) electrons. The van der Waals surface area contributed by atoms with Gasteiger partial charge in [-0.1, -0.05) is 17.7 Å². The molecule has 33 heavy (non-hydrogen) atoms. The van der Waals surface area contributed by atoms with Crippen molar-refractivity contribution >= 4 is 11.2 Å². The second-order valence-corrected chi connectivity index (χ2v) is 10.2. The first kappa shape index (κ1) is 23.4. The van der Waals surface area contributed by atoms with Crippen LogP contribution in [-0.4, -0.2) is 15.4 Å². The third-order valence-electron chi connectivity index (χ3n) is 6.09. The lowest BCUT2D eigenvalue weighted by molar-refractivity contribution is -0.137. The minimum atomic E-state index is -4.46. The molecule has 1 aliphatic carbocycles. The molecule has 0 spiro atoms. The van der Waals surface area contributed by atoms with E-state index in [0.29, 0.717) is 18.4 Å². The molecule has 174 valence electrons. The number of hydrogen-bond donors (Lipinski definition) is 1. The largest absolute Gasteiger partial charge is 0.611 e. The third-order valence-corrected chi connectivity index (χ3v) is 7.70. The van der Waals surface area contributed by atoms with Crippen molar-refractivity contribution in [3.8, 4) is 16.9 Å². The van der Waals surface area contributed by atoms with Gasteiger partial charge in [0, 0.05) is 6.07 Å². The van der Waals surface area contributed by atoms with Gasteiger partial charge in [0.1, 0.15) is 22.8 Å². The number of aryl methyl sites for hydroxylation is 3. The zero-order valence-corrected chi connectivity index (χ0v) is 19.2. The molecular formula is C25H23F3O4S. The van der Waals surface area contributed by atoms with E-state index >= 15 is 0 Å². The van der Waals surface area contributed by atoms with Crippen LogP contribution in [0.1, 0.15) is 40.9 Å². The van der Waals surface area contributed by atoms with Gasteiger partial charge in [-0.15, -0.1) is 0 Å². The van der Waals surface area contributed by atoms with Gasteiger partial charge < -0.3 is 14.1 Å². The first-order chi connectivity index (χ1) is 15.4. The average Bonchev–Trinajstić information content (AvgIpc) is 3.49. The summed E-state index contributed by atoms with van der Waals surface area (Å²) >= 11 is -1.60. The molecule has 0 amide bonds. The fourth-order valence-electron chi connectivity index (χ4n) is 4.29. The maximum atomic E-state index is 12.9. The molecule has 0 aliphatic heterocycles. The molecular weight excluding hydrogens is 453 g/mol. The van der Waals surface area contributed by atoms with Crippen molar-refractivity contribution in [1.29, 1.82) is 0 Å². The van der Waals surface area contributed by atoms with Crippen molar-refractivity contribution < 1.29 is 27.2 Å². The molecule has 0 bridgehead atoms. The summed E-state index contributed by atoms with van der Waals surface area (Å²) in [7, 11) is 0. The van der Waals surface area contributed by atoms with Crippen LogP contribution in [0.4, 0.5) is 13.2 Å². The van der Waals surface area contributed by atoms with E-state index in [1.165, 1.54) is 18.2 Å². The van der Waals surface area contributed by atoms with E-state index in [0.717, 1.165) is 28.8 Å². The molecule has 1 heterocycles. The predicted octanol–water partition coefficient (Wildman–Crippen LogP) is 5.80. The van der Waals surface area contributed by atoms with Gasteiger partial charge in [-0.2, -0.15) is 13.2 Å². The van der Waals surface area contributed by atoms with Gasteiger partial charge in [-0.25, -0.2) is 4.79 Å². The Hall–Kier alpha value is -2.71. The third kappa shape index (κ3) is 4.54. The molecule has 1 fully saturated rings. The van der Waals surface area contributed by atoms with E-state index in [1.54, 1.807) is 0 Å². The zero-order valence-electron chi connectivity index (χ0n) is 18.4. The number of rotatable bonds is 5. The zero-order chi connectivity index (χ0) is 24.1. The number of hydrogen-bond acceptors (Lipinski definition) is 4. The van der Waals surface area contributed by atoms with E-state index in [-0.39, 0.29) is 27.7 Å². The van der Waals surface area contributed by atoms with Crippen molar-refractivity contribution in [2.24, 2.45) is 0 Å². The Bertz CT molecular complexity index is 1240. The molecule has 1 N–H and O–H groups in total. The maximum absolute atomic E-state index is 12.9. The second kappa shape index (κ2) is 8.25. The highest BCUT2D eigenvalue weighted by molar-refractivity contribution is 7.91. The summed E-state index contributed by atoms with van der Waals surface area (Å²) in [6.07, 6.45) is -3.26. The fourth-order valence-corrected chi connectivity index (χ4v) is 5.83. The highest BCUT2D eigenvalue weighted by Crippen LogP contribution is 2.51. The van der Waals surface area contributed by atoms with Crippen LogP contribution in [-0.2, 0) is 22.8 Å². The molecule has 0 saturated heterocycles. The summed E-state index contributed by atoms with van der Waals surface area (Å²) in [5.41, 5.74) is 1.26. The molecule has 8 heteroatoms. The van der Waals surface area contributed by atoms with Crippen LogP contribution >= 0.6 is 0 Å². The number of benzene rings is 2. The molecule has 1 saturated carbocycles. The van der Waals surface area contributed by atoms with Crippen molar-refractivity contribution in [2.75, 3.05) is 5.75 Å². The lowest BCUT2D eigenvalue weighted by atomic mass is 9.93. The maximum Gasteiger partial charge on any atom is 0.416 e. The number of halogens is 3. The second-order valence-electron chi connectivity index (χ2n) is 8.72. The van der Waals surface area contributed by atoms with Crippen molar-refractivity contribution in [3.05, 3.63) is 80.9 Å². The van der Waals surface area contributed by atoms with E-state index in [2.05, 4.69) is 0 Å². The summed E-state index contributed by atoms with van der Waals surface area (Å²) in [6, 6.07) is 9.46. The molecule has 2 aromatic carbocycles. The molecule has 1 atom stereocenters. The summed E-state index contributed by atoms with van der Waals surface area (Å²) in [5, 5.41) is 10.8. The molecule has 1 aliphatic rings. The van der Waals surface area contributed by atoms with Crippen LogP contribution in [0.5, 0.6) is 5.75 Å². The van der Waals surface area contributed by atoms with Crippen LogP contribution in [0.15, 0.2) is 56.6 Å². The van der Waals surface area contributed by atoms with Crippen LogP contribution in [0.25, 0.3) is 11.1 Å². The van der Waals surface area contributed by atoms with Crippen molar-refractivity contribution in [2.45, 2.75) is 50.1 Å². The molecule has 4 nitrogen and oxygen atoms in total. The van der Waals surface area contributed by atoms with E-state index in [4.69, 9.17) is 4.42 Å². The Balaban J connectivity index is 1.63. The van der Waals surface area contributed by atoms with Crippen molar-refractivity contribution in [1.82, 2.24) is 0 Å². The van der Waals surface area contributed by atoms with Gasteiger partial charge in [0.25, 0.3) is 0 Å². The molecule has 1 aromatic heterocycles. The van der Waals surface area contributed by atoms with E-state index < -0.39 is 34.0 Å². The minimum absolute atomic E-state index is 0.0860. The highest BCUT2D eigenvalue weighted by atomic mass is 32.2. The first-order valence-corrected chi connectivity index (χ1v) is 11.7. The van der Waals surface area contributed by atoms with Crippen LogP contribution in [0, 0.1) is 20.8 Å². The summed E-state index contributed by atoms with van der Waals surface area (Å²) in [5.74, 6) is 0.127. The SMILES string of the molecule is Cc1cc(C)c(-c2c(O)cc(C3(C[S+]([O-])c4ccc(C(F)(F)F)cc4)CC3)oc2=O)c(C)c1. The van der Waals surface area contributed by atoms with E-state index in [9.17, 15) is 27.6 Å². The standard InChI is InChI=1S/C25H23F3O4S/c1-14-10-15(2)21(16(3)11-14)22-19(29)12-20(32-23(22)30)24(8-9-24)13-33(31)18-6-4-17(5-7-18)25(26,27)28/h4-7,10-12,29H,8-9,13H2,1-3H3. The molecule has 1 unspecified atom stereocenters. The number of alkyl halides is 3. The predicted molar refractivity (Wildman–Crippen MR) is 120 cm³/mol. The monoisotopic (exact) mass is 476 g/mol. The highest BCUT2D eigenvalue weighted by Gasteiger charge is 2.51. The van der Waals surface area contributed by atoms with Gasteiger partial charge in [0.05, 0.1) is 11.0 Å². The molecule has 4 rings (SSSR count). The lowest BCUT2D eigenvalue weighted by Crippen LogP contribution is -2.23. The van der Waals surface area contributed by atoms with Gasteiger partial charge >= 0.3 is 11.8 Å². The van der Waals surface area contributed by atoms with Crippen molar-refractivity contribution in [3.63, 3.8) is 0 Å². The molecule has 3 aromatic rings. The smallest absolute Gasteiger partial charge is 0.416 e. The van der Waals surface area contributed by atoms with Gasteiger partial charge in [0.15, 0.2) is 4.90 Å². The normalized spacial score (nSPS) is 16.0. The van der Waals surface area contributed by atoms with Gasteiger partial charge in [-0.05, 0) is 85.7 Å². The van der Waals surface area contributed by atoms with E-state index in [1.807, 2.05) is 32.9 Å². The Morgan fingerprint density at radius 3 is 2.09 bits per heavy atom. The first-order valence-electron chi connectivity index (χ1n) is 10.4. The minimum Gasteiger partial charge on any atom is -0.611 e. The van der Waals surface area contributed by atoms with Crippen LogP contribution in [0.2, 0.25) is 0 Å². The Labute approximate surface area is 192 Å². The number of aromatic hydroxyl groups is 1. The van der Waals surface area contributed by atoms with Gasteiger partial charge in [-0.3, -0.25) is 0 Å². The van der Waals surface area contributed by atoms with Gasteiger partial charge in [0.2, 0.25) is 0 Å². The fraction of sp³-hybridized carbons (Fsp3) is 0.320. The summed E-state index contributed by atoms with van der Waals surface area (Å²) < 4.78 is 56.8. The van der Waals surface area contributed by atoms with Crippen LogP contribution in [0.3, 0.4) is 0 Å². The Kier molecular flexibility index (Phi) is 5.87. The summed E-state index contributed by atoms with van der Waals surface area (Å²) in [6.45, 7) is 5.66. The Morgan fingerprint density at radius 2 is 1.61 bits per heavy atom. The quantitative estimate of drug-likeness (QED) is 0.473. The van der Waals surface area contributed by atoms with Crippen LogP contribution < -0.4 is 5.63 Å².